The first-order valence-corrected chi connectivity index (χ1v) is 11.4. The van der Waals surface area contributed by atoms with E-state index < -0.39 is 35.4 Å². The maximum atomic E-state index is 13.6. The van der Waals surface area contributed by atoms with E-state index >= 15 is 0 Å². The van der Waals surface area contributed by atoms with Crippen molar-refractivity contribution in [2.24, 2.45) is 5.92 Å². The van der Waals surface area contributed by atoms with Gasteiger partial charge in [-0.3, -0.25) is 9.78 Å². The molecule has 0 spiro atoms. The zero-order valence-electron chi connectivity index (χ0n) is 19.7. The molecule has 1 atom stereocenters. The molecular formula is C26H20F6N4O2. The zero-order chi connectivity index (χ0) is 27.7. The van der Waals surface area contributed by atoms with Gasteiger partial charge in [0.1, 0.15) is 11.6 Å². The molecule has 2 aromatic heterocycles. The van der Waals surface area contributed by atoms with E-state index in [1.807, 2.05) is 0 Å². The SMILES string of the molecule is CCC(Cc1nc(Nc2ccc(C(F)(F)F)cc2)c2ccc(-c3ncccc3C(F)(F)F)cc2n1)C(=O)O. The molecule has 6 nitrogen and oxygen atoms in total. The maximum absolute atomic E-state index is 13.6. The topological polar surface area (TPSA) is 88.0 Å². The van der Waals surface area contributed by atoms with Gasteiger partial charge in [0.05, 0.1) is 28.3 Å². The second kappa shape index (κ2) is 10.3. The zero-order valence-corrected chi connectivity index (χ0v) is 19.7. The summed E-state index contributed by atoms with van der Waals surface area (Å²) in [6, 6.07) is 10.6. The Bertz CT molecular complexity index is 1470. The van der Waals surface area contributed by atoms with Gasteiger partial charge in [0.25, 0.3) is 0 Å². The average Bonchev–Trinajstić information content (AvgIpc) is 2.86. The lowest BCUT2D eigenvalue weighted by atomic mass is 10.0. The number of benzene rings is 2. The Balaban J connectivity index is 1.83. The number of aliphatic carboxylic acids is 1. The van der Waals surface area contributed by atoms with Crippen LogP contribution < -0.4 is 5.32 Å². The number of fused-ring (bicyclic) bond motifs is 1. The van der Waals surface area contributed by atoms with Crippen molar-refractivity contribution in [1.82, 2.24) is 15.0 Å². The van der Waals surface area contributed by atoms with Crippen molar-refractivity contribution >= 4 is 28.4 Å². The van der Waals surface area contributed by atoms with Crippen LogP contribution in [0.2, 0.25) is 0 Å². The number of nitrogens with zero attached hydrogens (tertiary/aromatic N) is 3. The van der Waals surface area contributed by atoms with Crippen molar-refractivity contribution in [2.75, 3.05) is 5.32 Å². The molecule has 0 saturated carbocycles. The molecule has 0 aliphatic carbocycles. The summed E-state index contributed by atoms with van der Waals surface area (Å²) < 4.78 is 79.6. The van der Waals surface area contributed by atoms with Crippen LogP contribution in [0.1, 0.15) is 30.3 Å². The number of carboxylic acid groups (broad SMARTS) is 1. The lowest BCUT2D eigenvalue weighted by molar-refractivity contribution is -0.142. The number of anilines is 2. The van der Waals surface area contributed by atoms with Gasteiger partial charge >= 0.3 is 18.3 Å². The van der Waals surface area contributed by atoms with Gasteiger partial charge in [0, 0.05) is 29.3 Å². The molecule has 0 aliphatic heterocycles. The Kier molecular flexibility index (Phi) is 7.25. The number of pyridine rings is 1. The predicted octanol–water partition coefficient (Wildman–Crippen LogP) is 7.13. The summed E-state index contributed by atoms with van der Waals surface area (Å²) in [5, 5.41) is 12.8. The van der Waals surface area contributed by atoms with Gasteiger partial charge in [-0.15, -0.1) is 0 Å². The van der Waals surface area contributed by atoms with Gasteiger partial charge in [-0.05, 0) is 55.0 Å². The second-order valence-electron chi connectivity index (χ2n) is 8.47. The smallest absolute Gasteiger partial charge is 0.418 e. The van der Waals surface area contributed by atoms with Crippen molar-refractivity contribution in [3.8, 4) is 11.3 Å². The standard InChI is InChI=1S/C26H20F6N4O2/c1-2-14(24(37)38)13-21-35-20-12-15(22-19(26(30,31)32)4-3-11-33-22)5-10-18(20)23(36-21)34-17-8-6-16(7-9-17)25(27,28)29/h3-12,14H,2,13H2,1H3,(H,37,38)(H,34,35,36). The average molecular weight is 534 g/mol. The lowest BCUT2D eigenvalue weighted by Gasteiger charge is -2.15. The van der Waals surface area contributed by atoms with Crippen LogP contribution >= 0.6 is 0 Å². The predicted molar refractivity (Wildman–Crippen MR) is 128 cm³/mol. The van der Waals surface area contributed by atoms with Gasteiger partial charge in [-0.1, -0.05) is 13.0 Å². The molecule has 0 amide bonds. The third-order valence-electron chi connectivity index (χ3n) is 5.88. The van der Waals surface area contributed by atoms with Crippen LogP contribution in [-0.2, 0) is 23.6 Å². The maximum Gasteiger partial charge on any atom is 0.418 e. The molecule has 0 saturated heterocycles. The Morgan fingerprint density at radius 1 is 0.974 bits per heavy atom. The molecule has 1 unspecified atom stereocenters. The summed E-state index contributed by atoms with van der Waals surface area (Å²) in [6.45, 7) is 1.68. The van der Waals surface area contributed by atoms with Crippen LogP contribution in [0.4, 0.5) is 37.8 Å². The van der Waals surface area contributed by atoms with Crippen LogP contribution in [0, 0.1) is 5.92 Å². The Morgan fingerprint density at radius 2 is 1.68 bits per heavy atom. The second-order valence-corrected chi connectivity index (χ2v) is 8.47. The molecule has 38 heavy (non-hydrogen) atoms. The van der Waals surface area contributed by atoms with Gasteiger partial charge in [-0.25, -0.2) is 9.97 Å². The van der Waals surface area contributed by atoms with Crippen molar-refractivity contribution in [1.29, 1.82) is 0 Å². The van der Waals surface area contributed by atoms with E-state index in [2.05, 4.69) is 20.3 Å². The summed E-state index contributed by atoms with van der Waals surface area (Å²) in [5.74, 6) is -1.61. The highest BCUT2D eigenvalue weighted by Crippen LogP contribution is 2.37. The fourth-order valence-electron chi connectivity index (χ4n) is 3.88. The molecule has 0 fully saturated rings. The highest BCUT2D eigenvalue weighted by molar-refractivity contribution is 5.93. The van der Waals surface area contributed by atoms with Gasteiger partial charge in [0.2, 0.25) is 0 Å². The number of alkyl halides is 6. The first kappa shape index (κ1) is 26.8. The summed E-state index contributed by atoms with van der Waals surface area (Å²) in [4.78, 5) is 24.3. The molecule has 2 aromatic carbocycles. The molecule has 4 rings (SSSR count). The minimum atomic E-state index is -4.65. The van der Waals surface area contributed by atoms with Gasteiger partial charge < -0.3 is 10.4 Å². The number of hydrogen-bond donors (Lipinski definition) is 2. The number of hydrogen-bond acceptors (Lipinski definition) is 5. The van der Waals surface area contributed by atoms with Crippen molar-refractivity contribution < 1.29 is 36.2 Å². The largest absolute Gasteiger partial charge is 0.481 e. The number of aromatic nitrogens is 3. The van der Waals surface area contributed by atoms with E-state index in [0.29, 0.717) is 5.39 Å². The third-order valence-corrected chi connectivity index (χ3v) is 5.88. The van der Waals surface area contributed by atoms with E-state index in [-0.39, 0.29) is 46.9 Å². The van der Waals surface area contributed by atoms with Crippen LogP contribution in [0.25, 0.3) is 22.2 Å². The summed E-state index contributed by atoms with van der Waals surface area (Å²) in [5.41, 5.74) is -1.49. The van der Waals surface area contributed by atoms with Crippen LogP contribution in [0.5, 0.6) is 0 Å². The summed E-state index contributed by atoms with van der Waals surface area (Å²) >= 11 is 0. The lowest BCUT2D eigenvalue weighted by Crippen LogP contribution is -2.17. The first-order chi connectivity index (χ1) is 17.9. The van der Waals surface area contributed by atoms with Crippen molar-refractivity contribution in [3.63, 3.8) is 0 Å². The minimum Gasteiger partial charge on any atom is -0.481 e. The van der Waals surface area contributed by atoms with Crippen LogP contribution in [0.3, 0.4) is 0 Å². The van der Waals surface area contributed by atoms with E-state index in [4.69, 9.17) is 0 Å². The number of nitrogens with one attached hydrogen (secondary N) is 1. The number of rotatable bonds is 7. The fraction of sp³-hybridized carbons (Fsp3) is 0.231. The normalized spacial score (nSPS) is 12.9. The highest BCUT2D eigenvalue weighted by atomic mass is 19.4. The van der Waals surface area contributed by atoms with Crippen molar-refractivity contribution in [2.45, 2.75) is 32.1 Å². The monoisotopic (exact) mass is 534 g/mol. The molecule has 0 radical (unpaired) electrons. The minimum absolute atomic E-state index is 0.0644. The quantitative estimate of drug-likeness (QED) is 0.245. The van der Waals surface area contributed by atoms with Crippen LogP contribution in [-0.4, -0.2) is 26.0 Å². The molecule has 0 bridgehead atoms. The molecule has 0 aliphatic rings. The molecule has 4 aromatic rings. The Hall–Kier alpha value is -4.22. The fourth-order valence-corrected chi connectivity index (χ4v) is 3.88. The number of halogens is 6. The molecule has 12 heteroatoms. The third kappa shape index (κ3) is 5.84. The van der Waals surface area contributed by atoms with Crippen molar-refractivity contribution in [3.05, 3.63) is 77.7 Å². The molecule has 198 valence electrons. The first-order valence-electron chi connectivity index (χ1n) is 11.4. The van der Waals surface area contributed by atoms with E-state index in [0.717, 1.165) is 18.2 Å². The summed E-state index contributed by atoms with van der Waals surface area (Å²) in [6.07, 6.45) is -7.72. The molecule has 2 heterocycles. The van der Waals surface area contributed by atoms with E-state index in [1.54, 1.807) is 6.92 Å². The van der Waals surface area contributed by atoms with Gasteiger partial charge in [0.15, 0.2) is 0 Å². The highest BCUT2D eigenvalue weighted by Gasteiger charge is 2.34. The van der Waals surface area contributed by atoms with E-state index in [1.165, 1.54) is 42.6 Å². The van der Waals surface area contributed by atoms with E-state index in [9.17, 15) is 36.2 Å². The van der Waals surface area contributed by atoms with Crippen LogP contribution in [0.15, 0.2) is 60.8 Å². The summed E-state index contributed by atoms with van der Waals surface area (Å²) in [7, 11) is 0. The Labute approximate surface area is 212 Å². The number of carbonyl (C=O) groups is 1. The Morgan fingerprint density at radius 3 is 2.29 bits per heavy atom. The number of carboxylic acids is 1. The van der Waals surface area contributed by atoms with Gasteiger partial charge in [-0.2, -0.15) is 26.3 Å². The molecular weight excluding hydrogens is 514 g/mol. The molecule has 2 N–H and O–H groups in total.